The van der Waals surface area contributed by atoms with Crippen LogP contribution in [-0.2, 0) is 83.2 Å². The van der Waals surface area contributed by atoms with E-state index >= 15 is 0 Å². The number of fused-ring (bicyclic) bond motifs is 1. The Hall–Kier alpha value is -10.9. The van der Waals surface area contributed by atoms with Gasteiger partial charge in [-0.3, -0.25) is 67.5 Å². The van der Waals surface area contributed by atoms with Crippen LogP contribution >= 0.6 is 0 Å². The second kappa shape index (κ2) is 41.2. The van der Waals surface area contributed by atoms with E-state index in [1.165, 1.54) is 37.6 Å². The first-order chi connectivity index (χ1) is 49.8. The van der Waals surface area contributed by atoms with Crippen molar-refractivity contribution in [2.75, 3.05) is 91.6 Å². The lowest BCUT2D eigenvalue weighted by Crippen LogP contribution is -2.60. The second-order valence-corrected chi connectivity index (χ2v) is 25.9. The molecule has 37 heteroatoms. The average molecular weight is 1450 g/mol. The maximum atomic E-state index is 14.8. The molecule has 6 atom stereocenters. The smallest absolute Gasteiger partial charge is 0.326 e. The molecule has 2 fully saturated rings. The van der Waals surface area contributed by atoms with E-state index in [9.17, 15) is 87.9 Å². The summed E-state index contributed by atoms with van der Waals surface area (Å²) in [5, 5.41) is 80.1. The Labute approximate surface area is 596 Å². The number of unbranched alkanes of at least 4 members (excludes halogenated alkanes) is 1. The molecule has 1 saturated carbocycles. The summed E-state index contributed by atoms with van der Waals surface area (Å²) in [5.41, 5.74) is 1.92. The summed E-state index contributed by atoms with van der Waals surface area (Å²) in [6, 6.07) is 3.29. The molecule has 2 aromatic carbocycles. The van der Waals surface area contributed by atoms with Crippen LogP contribution in [0.4, 0.5) is 4.79 Å². The molecule has 0 radical (unpaired) electrons. The molecule has 7 rings (SSSR count). The second-order valence-electron chi connectivity index (χ2n) is 25.9. The van der Waals surface area contributed by atoms with Crippen LogP contribution in [0.15, 0.2) is 80.0 Å². The predicted octanol–water partition coefficient (Wildman–Crippen LogP) is -2.03. The zero-order chi connectivity index (χ0) is 75.1. The molecule has 1 unspecified atom stereocenters. The Kier molecular flexibility index (Phi) is 31.9. The molecule has 4 heterocycles. The number of urea groups is 1. The van der Waals surface area contributed by atoms with Crippen molar-refractivity contribution in [1.82, 2.24) is 92.0 Å². The number of nitrogens with zero attached hydrogens (tertiary/aromatic N) is 7. The number of aliphatic carboxylic acids is 6. The predicted molar refractivity (Wildman–Crippen MR) is 368 cm³/mol. The monoisotopic (exact) mass is 1450 g/mol. The van der Waals surface area contributed by atoms with Crippen molar-refractivity contribution in [2.24, 2.45) is 11.8 Å². The number of rotatable bonds is 39. The van der Waals surface area contributed by atoms with Crippen molar-refractivity contribution < 1.29 is 93.0 Å². The molecule has 1 aliphatic carbocycles. The SMILES string of the molecule is O=C(O)CC[C@H](NC(=O)N[C@@H](CCCCNC(=O)C(Cc1ccc2ccccc2c1)NC(=O)[C@H](Cc1cnc[nH]1)NC(=O)[C@H](Cc1cnc[nH]1)NC(=O)[C@H](Cc1cnc[nH]1)NC(=O)C1CCC(CNC(=O)CN2CCN(CC(=O)O)CCN(CC(=O)O)CCN(CC(=O)O)CC2)CC1)C(=O)O)C(=O)O. The fourth-order valence-electron chi connectivity index (χ4n) is 12.3. The van der Waals surface area contributed by atoms with Crippen LogP contribution in [0.1, 0.15) is 80.4 Å². The van der Waals surface area contributed by atoms with Crippen LogP contribution in [0.2, 0.25) is 0 Å². The van der Waals surface area contributed by atoms with Crippen LogP contribution in [0.3, 0.4) is 0 Å². The van der Waals surface area contributed by atoms with Crippen molar-refractivity contribution in [1.29, 1.82) is 0 Å². The van der Waals surface area contributed by atoms with Crippen LogP contribution in [-0.4, -0.2) is 285 Å². The first-order valence-corrected chi connectivity index (χ1v) is 34.3. The number of carboxylic acids is 6. The minimum absolute atomic E-state index is 0.0265. The van der Waals surface area contributed by atoms with E-state index < -0.39 is 126 Å². The van der Waals surface area contributed by atoms with E-state index in [0.717, 1.165) is 10.8 Å². The van der Waals surface area contributed by atoms with E-state index in [-0.39, 0.29) is 148 Å². The van der Waals surface area contributed by atoms with E-state index in [1.54, 1.807) is 20.8 Å². The van der Waals surface area contributed by atoms with E-state index in [0.29, 0.717) is 48.3 Å². The number of benzene rings is 2. The molecule has 2 aliphatic rings. The molecule has 3 aromatic heterocycles. The van der Waals surface area contributed by atoms with E-state index in [1.807, 2.05) is 41.3 Å². The minimum Gasteiger partial charge on any atom is -0.481 e. The fraction of sp³-hybridized carbons (Fsp3) is 0.522. The molecule has 0 spiro atoms. The molecule has 104 heavy (non-hydrogen) atoms. The first-order valence-electron chi connectivity index (χ1n) is 34.3. The van der Waals surface area contributed by atoms with Gasteiger partial charge in [-0.15, -0.1) is 0 Å². The van der Waals surface area contributed by atoms with Crippen molar-refractivity contribution >= 4 is 88.1 Å². The van der Waals surface area contributed by atoms with Gasteiger partial charge in [0.05, 0.1) is 45.2 Å². The zero-order valence-corrected chi connectivity index (χ0v) is 57.3. The van der Waals surface area contributed by atoms with Crippen molar-refractivity contribution in [3.63, 3.8) is 0 Å². The normalized spacial score (nSPS) is 17.5. The topological polar surface area (TPSA) is 539 Å². The number of carboxylic acid groups (broad SMARTS) is 6. The van der Waals surface area contributed by atoms with Crippen LogP contribution < -0.4 is 42.5 Å². The maximum Gasteiger partial charge on any atom is 0.326 e. The van der Waals surface area contributed by atoms with E-state index in [4.69, 9.17) is 5.11 Å². The summed E-state index contributed by atoms with van der Waals surface area (Å²) in [7, 11) is 0. The maximum absolute atomic E-state index is 14.8. The van der Waals surface area contributed by atoms with Gasteiger partial charge in [-0.1, -0.05) is 42.5 Å². The lowest BCUT2D eigenvalue weighted by molar-refractivity contribution is -0.141. The van der Waals surface area contributed by atoms with Gasteiger partial charge < -0.3 is 88.1 Å². The lowest BCUT2D eigenvalue weighted by Gasteiger charge is -2.33. The van der Waals surface area contributed by atoms with Gasteiger partial charge in [0.2, 0.25) is 35.4 Å². The van der Waals surface area contributed by atoms with Gasteiger partial charge in [-0.2, -0.15) is 0 Å². The number of amides is 8. The summed E-state index contributed by atoms with van der Waals surface area (Å²) in [4.78, 5) is 197. The van der Waals surface area contributed by atoms with Gasteiger partial charge in [-0.25, -0.2) is 29.3 Å². The zero-order valence-electron chi connectivity index (χ0n) is 57.3. The van der Waals surface area contributed by atoms with Gasteiger partial charge in [0.15, 0.2) is 0 Å². The van der Waals surface area contributed by atoms with Crippen molar-refractivity contribution in [3.8, 4) is 0 Å². The summed E-state index contributed by atoms with van der Waals surface area (Å²) < 4.78 is 0. The Morgan fingerprint density at radius 1 is 0.442 bits per heavy atom. The highest BCUT2D eigenvalue weighted by molar-refractivity contribution is 5.96. The summed E-state index contributed by atoms with van der Waals surface area (Å²) >= 11 is 0. The molecule has 0 bridgehead atoms. The number of aromatic amines is 3. The average Bonchev–Trinajstić information content (AvgIpc) is 1.01. The summed E-state index contributed by atoms with van der Waals surface area (Å²) in [5.74, 6) is -11.9. The third-order valence-corrected chi connectivity index (χ3v) is 18.0. The standard InChI is InChI=1S/C67H92N18O19/c86-55(34-82-17-19-83(35-57(89)90)21-23-85(37-59(93)94)24-22-84(20-18-82)36-58(91)92)72-30-41-8-12-44(13-9-41)60(95)76-52(27-46-31-68-38-73-46)62(97)78-54(29-48-33-70-40-75-48)64(99)79-53(28-47-32-69-39-74-47)63(98)77-51(26-42-10-11-43-5-1-2-6-45(43)25-42)61(96)71-16-4-3-7-49(65(100)101)80-67(104)81-50(66(102)103)14-15-56(87)88/h1-2,5-6,10-11,25,31-33,38-41,44,49-54H,3-4,7-9,12-24,26-30,34-37H2,(H,68,73)(H,69,74)(H,70,75)(H,71,96)(H,72,86)(H,76,95)(H,77,98)(H,78,97)(H,79,99)(H,87,88)(H,89,90)(H,91,92)(H,93,94)(H,100,101)(H,102,103)(H2,80,81,104)/t41?,44?,49-,50-,51?,52-,53-,54-/m0/s1. The molecular formula is C67H92N18O19. The third-order valence-electron chi connectivity index (χ3n) is 18.0. The Balaban J connectivity index is 0.986. The van der Waals surface area contributed by atoms with Gasteiger partial charge in [-0.05, 0) is 73.6 Å². The highest BCUT2D eigenvalue weighted by atomic mass is 16.4. The molecule has 1 aliphatic heterocycles. The molecule has 564 valence electrons. The van der Waals surface area contributed by atoms with Gasteiger partial charge >= 0.3 is 41.8 Å². The van der Waals surface area contributed by atoms with Gasteiger partial charge in [0.1, 0.15) is 36.3 Å². The first kappa shape index (κ1) is 80.4. The Morgan fingerprint density at radius 2 is 0.875 bits per heavy atom. The molecule has 5 aromatic rings. The number of carbonyl (C=O) groups excluding carboxylic acids is 7. The largest absolute Gasteiger partial charge is 0.481 e. The number of aromatic nitrogens is 6. The third kappa shape index (κ3) is 28.1. The van der Waals surface area contributed by atoms with Crippen LogP contribution in [0.5, 0.6) is 0 Å². The molecule has 17 N–H and O–H groups in total. The number of nitrogens with one attached hydrogen (secondary N) is 11. The molecule has 37 nitrogen and oxygen atoms in total. The lowest BCUT2D eigenvalue weighted by atomic mass is 9.81. The van der Waals surface area contributed by atoms with E-state index in [2.05, 4.69) is 72.4 Å². The highest BCUT2D eigenvalue weighted by Crippen LogP contribution is 2.29. The molecule has 1 saturated heterocycles. The van der Waals surface area contributed by atoms with Gasteiger partial charge in [0, 0.05) is 139 Å². The van der Waals surface area contributed by atoms with Gasteiger partial charge in [0.25, 0.3) is 0 Å². The number of imidazole rings is 3. The number of H-pyrrole nitrogens is 3. The Bertz CT molecular complexity index is 3650. The van der Waals surface area contributed by atoms with Crippen LogP contribution in [0, 0.1) is 11.8 Å². The quantitative estimate of drug-likeness (QED) is 0.0189. The highest BCUT2D eigenvalue weighted by Gasteiger charge is 2.36. The fourth-order valence-corrected chi connectivity index (χ4v) is 12.3. The molecular weight excluding hydrogens is 1360 g/mol. The molecule has 8 amide bonds. The minimum atomic E-state index is -1.61. The van der Waals surface area contributed by atoms with Crippen molar-refractivity contribution in [2.45, 2.75) is 120 Å². The number of hydrogen-bond acceptors (Lipinski definition) is 20. The van der Waals surface area contributed by atoms with Crippen molar-refractivity contribution in [3.05, 3.63) is 103 Å². The summed E-state index contributed by atoms with van der Waals surface area (Å²) in [6.45, 7) is 1.11. The number of hydrogen-bond donors (Lipinski definition) is 17. The van der Waals surface area contributed by atoms with Crippen LogP contribution in [0.25, 0.3) is 10.8 Å². The number of carbonyl (C=O) groups is 13. The summed E-state index contributed by atoms with van der Waals surface area (Å²) in [6.07, 6.45) is 8.91. The Morgan fingerprint density at radius 3 is 1.31 bits per heavy atom.